The summed E-state index contributed by atoms with van der Waals surface area (Å²) in [6, 6.07) is 1.78. The van der Waals surface area contributed by atoms with Crippen LogP contribution >= 0.6 is 22.3 Å². The van der Waals surface area contributed by atoms with Crippen molar-refractivity contribution in [3.05, 3.63) is 28.5 Å². The average Bonchev–Trinajstić information content (AvgIpc) is 2.35. The quantitative estimate of drug-likeness (QED) is 0.450. The van der Waals surface area contributed by atoms with E-state index in [0.717, 1.165) is 12.1 Å². The summed E-state index contributed by atoms with van der Waals surface area (Å²) in [7, 11) is 0.699. The van der Waals surface area contributed by atoms with E-state index in [1.54, 1.807) is 6.92 Å². The highest BCUT2D eigenvalue weighted by atomic mass is 35.7. The molecule has 0 bridgehead atoms. The van der Waals surface area contributed by atoms with E-state index in [9.17, 15) is 17.6 Å². The van der Waals surface area contributed by atoms with Crippen LogP contribution in [0, 0.1) is 5.82 Å². The van der Waals surface area contributed by atoms with Gasteiger partial charge in [-0.25, -0.2) is 17.6 Å². The number of hydrogen-bond acceptors (Lipinski definition) is 5. The molecule has 0 atom stereocenters. The highest BCUT2D eigenvalue weighted by Crippen LogP contribution is 2.26. The third kappa shape index (κ3) is 4.59. The Morgan fingerprint density at radius 3 is 2.55 bits per heavy atom. The maximum absolute atomic E-state index is 13.9. The molecule has 9 heteroatoms. The van der Waals surface area contributed by atoms with Crippen molar-refractivity contribution >= 4 is 37.3 Å². The van der Waals surface area contributed by atoms with Gasteiger partial charge in [0.1, 0.15) is 11.5 Å². The van der Waals surface area contributed by atoms with Crippen LogP contribution < -0.4 is 0 Å². The zero-order chi connectivity index (χ0) is 15.3. The summed E-state index contributed by atoms with van der Waals surface area (Å²) in [6.45, 7) is 2.25. The lowest BCUT2D eigenvalue weighted by molar-refractivity contribution is 0.0330. The molecule has 0 aliphatic heterocycles. The second-order valence-corrected chi connectivity index (χ2v) is 6.51. The fourth-order valence-corrected chi connectivity index (χ4v) is 2.52. The first-order chi connectivity index (χ1) is 9.27. The first-order valence-corrected chi connectivity index (χ1v) is 8.14. The number of rotatable bonds is 6. The summed E-state index contributed by atoms with van der Waals surface area (Å²) < 4.78 is 45.9. The van der Waals surface area contributed by atoms with E-state index in [-0.39, 0.29) is 18.2 Å². The van der Waals surface area contributed by atoms with E-state index in [1.807, 2.05) is 0 Å². The first-order valence-electron chi connectivity index (χ1n) is 5.46. The van der Waals surface area contributed by atoms with Crippen LogP contribution in [0.5, 0.6) is 0 Å². The third-order valence-electron chi connectivity index (χ3n) is 2.15. The molecule has 0 spiro atoms. The number of carbonyl (C=O) groups excluding carboxylic acids is 1. The van der Waals surface area contributed by atoms with Crippen molar-refractivity contribution in [2.24, 2.45) is 0 Å². The van der Waals surface area contributed by atoms with Gasteiger partial charge in [0, 0.05) is 22.3 Å². The van der Waals surface area contributed by atoms with Gasteiger partial charge >= 0.3 is 5.97 Å². The Morgan fingerprint density at radius 2 is 2.00 bits per heavy atom. The van der Waals surface area contributed by atoms with Gasteiger partial charge in [-0.2, -0.15) is 0 Å². The fourth-order valence-electron chi connectivity index (χ4n) is 1.31. The van der Waals surface area contributed by atoms with Crippen molar-refractivity contribution in [3.8, 4) is 0 Å². The summed E-state index contributed by atoms with van der Waals surface area (Å²) in [5.41, 5.74) is -0.603. The molecule has 0 fully saturated rings. The minimum absolute atomic E-state index is 0.0956. The summed E-state index contributed by atoms with van der Waals surface area (Å²) in [4.78, 5) is 10.8. The molecule has 20 heavy (non-hydrogen) atoms. The van der Waals surface area contributed by atoms with Crippen LogP contribution in [0.2, 0.25) is 5.02 Å². The molecule has 1 rings (SSSR count). The number of halogens is 3. The molecule has 0 radical (unpaired) electrons. The van der Waals surface area contributed by atoms with E-state index in [0.29, 0.717) is 6.61 Å². The van der Waals surface area contributed by atoms with Crippen molar-refractivity contribution in [2.75, 3.05) is 19.8 Å². The van der Waals surface area contributed by atoms with Gasteiger partial charge in [0.05, 0.1) is 12.2 Å². The molecule has 0 amide bonds. The lowest BCUT2D eigenvalue weighted by Gasteiger charge is -2.08. The van der Waals surface area contributed by atoms with Crippen LogP contribution in [0.25, 0.3) is 0 Å². The number of esters is 1. The Hall–Kier alpha value is -0.890. The predicted octanol–water partition coefficient (Wildman–Crippen LogP) is 2.60. The number of ether oxygens (including phenoxy) is 2. The fraction of sp³-hybridized carbons (Fsp3) is 0.364. The molecule has 0 saturated heterocycles. The zero-order valence-corrected chi connectivity index (χ0v) is 12.7. The standard InChI is InChI=1S/C11H11Cl2FO5S/c1-2-18-3-4-19-11(15)8-5-7(12)6-9(10(8)14)20(13,16)17/h5-6H,2-4H2,1H3. The van der Waals surface area contributed by atoms with Crippen molar-refractivity contribution in [2.45, 2.75) is 11.8 Å². The van der Waals surface area contributed by atoms with Gasteiger partial charge in [0.25, 0.3) is 9.05 Å². The molecule has 1 aromatic rings. The number of benzene rings is 1. The van der Waals surface area contributed by atoms with Gasteiger partial charge in [0.15, 0.2) is 5.82 Å². The van der Waals surface area contributed by atoms with E-state index in [1.165, 1.54) is 0 Å². The van der Waals surface area contributed by atoms with E-state index >= 15 is 0 Å². The predicted molar refractivity (Wildman–Crippen MR) is 71.2 cm³/mol. The van der Waals surface area contributed by atoms with E-state index < -0.39 is 31.3 Å². The van der Waals surface area contributed by atoms with Crippen LogP contribution in [0.4, 0.5) is 4.39 Å². The Balaban J connectivity index is 3.01. The van der Waals surface area contributed by atoms with Crippen molar-refractivity contribution in [1.82, 2.24) is 0 Å². The minimum Gasteiger partial charge on any atom is -0.460 e. The lowest BCUT2D eigenvalue weighted by atomic mass is 10.2. The molecule has 0 aliphatic rings. The van der Waals surface area contributed by atoms with E-state index in [4.69, 9.17) is 31.8 Å². The maximum Gasteiger partial charge on any atom is 0.341 e. The molecule has 0 N–H and O–H groups in total. The highest BCUT2D eigenvalue weighted by molar-refractivity contribution is 8.13. The normalized spacial score (nSPS) is 11.4. The molecular weight excluding hydrogens is 334 g/mol. The maximum atomic E-state index is 13.9. The van der Waals surface area contributed by atoms with Crippen LogP contribution in [-0.2, 0) is 18.5 Å². The minimum atomic E-state index is -4.36. The van der Waals surface area contributed by atoms with Gasteiger partial charge in [-0.3, -0.25) is 0 Å². The average molecular weight is 345 g/mol. The first kappa shape index (κ1) is 17.2. The van der Waals surface area contributed by atoms with Crippen LogP contribution in [-0.4, -0.2) is 34.2 Å². The van der Waals surface area contributed by atoms with Crippen LogP contribution in [0.3, 0.4) is 0 Å². The lowest BCUT2D eigenvalue weighted by Crippen LogP contribution is -2.13. The van der Waals surface area contributed by atoms with Gasteiger partial charge in [0.2, 0.25) is 0 Å². The molecule has 0 heterocycles. The second kappa shape index (κ2) is 7.21. The Morgan fingerprint density at radius 1 is 1.35 bits per heavy atom. The molecular formula is C11H11Cl2FO5S. The molecule has 0 saturated carbocycles. The summed E-state index contributed by atoms with van der Waals surface area (Å²) in [5.74, 6) is -2.35. The van der Waals surface area contributed by atoms with Crippen molar-refractivity contribution in [3.63, 3.8) is 0 Å². The van der Waals surface area contributed by atoms with Crippen LogP contribution in [0.1, 0.15) is 17.3 Å². The number of hydrogen-bond donors (Lipinski definition) is 0. The van der Waals surface area contributed by atoms with Gasteiger partial charge in [-0.15, -0.1) is 0 Å². The molecule has 0 aromatic heterocycles. The number of carbonyl (C=O) groups is 1. The Kier molecular flexibility index (Phi) is 6.19. The van der Waals surface area contributed by atoms with Gasteiger partial charge < -0.3 is 9.47 Å². The zero-order valence-electron chi connectivity index (χ0n) is 10.4. The summed E-state index contributed by atoms with van der Waals surface area (Å²) in [5, 5.41) is -0.151. The van der Waals surface area contributed by atoms with Crippen LogP contribution in [0.15, 0.2) is 17.0 Å². The second-order valence-electron chi connectivity index (χ2n) is 3.54. The molecule has 0 aliphatic carbocycles. The van der Waals surface area contributed by atoms with E-state index in [2.05, 4.69) is 0 Å². The van der Waals surface area contributed by atoms with Crippen molar-refractivity contribution in [1.29, 1.82) is 0 Å². The van der Waals surface area contributed by atoms with Gasteiger partial charge in [-0.1, -0.05) is 11.6 Å². The Bertz CT molecular complexity index is 603. The summed E-state index contributed by atoms with van der Waals surface area (Å²) in [6.07, 6.45) is 0. The summed E-state index contributed by atoms with van der Waals surface area (Å²) >= 11 is 5.63. The topological polar surface area (TPSA) is 69.7 Å². The highest BCUT2D eigenvalue weighted by Gasteiger charge is 2.24. The Labute approximate surface area is 125 Å². The SMILES string of the molecule is CCOCCOC(=O)c1cc(Cl)cc(S(=O)(=O)Cl)c1F. The monoisotopic (exact) mass is 344 g/mol. The molecule has 1 aromatic carbocycles. The van der Waals surface area contributed by atoms with Crippen molar-refractivity contribution < 1.29 is 27.1 Å². The third-order valence-corrected chi connectivity index (χ3v) is 3.69. The molecule has 5 nitrogen and oxygen atoms in total. The van der Waals surface area contributed by atoms with Gasteiger partial charge in [-0.05, 0) is 19.1 Å². The molecule has 112 valence electrons. The smallest absolute Gasteiger partial charge is 0.341 e. The largest absolute Gasteiger partial charge is 0.460 e. The molecule has 0 unspecified atom stereocenters.